The van der Waals surface area contributed by atoms with Gasteiger partial charge < -0.3 is 5.11 Å². The van der Waals surface area contributed by atoms with Crippen LogP contribution in [-0.4, -0.2) is 11.2 Å². The molecule has 1 rings (SSSR count). The topological polar surface area (TPSA) is 20.2 Å². The van der Waals surface area contributed by atoms with Gasteiger partial charge in [0.05, 0.1) is 6.10 Å². The zero-order valence-electron chi connectivity index (χ0n) is 3.89. The number of rotatable bonds is 0. The second-order valence-electron chi connectivity index (χ2n) is 1.43. The number of allylic oxidation sites excluding steroid dienone is 2. The fraction of sp³-hybridized carbons (Fsp3) is 0.333. The Bertz CT molecular complexity index is 103. The molecule has 1 heteroatoms. The fourth-order valence-electron chi connectivity index (χ4n) is 0.451. The average Bonchev–Trinajstić information content (AvgIpc) is 1.69. The predicted molar refractivity (Wildman–Crippen MR) is 26.2 cm³/mol. The van der Waals surface area contributed by atoms with Crippen LogP contribution >= 0.6 is 0 Å². The van der Waals surface area contributed by atoms with Crippen LogP contribution in [-0.2, 0) is 0 Å². The van der Waals surface area contributed by atoms with Gasteiger partial charge in [0.2, 0.25) is 0 Å². The maximum atomic E-state index is 8.70. The summed E-state index contributed by atoms with van der Waals surface area (Å²) in [7, 11) is 0. The molecule has 0 aliphatic heterocycles. The Labute approximate surface area is 43.0 Å². The van der Waals surface area contributed by atoms with Crippen LogP contribution in [0.1, 0.15) is 6.42 Å². The molecule has 0 saturated heterocycles. The van der Waals surface area contributed by atoms with Crippen LogP contribution in [0.2, 0.25) is 0 Å². The summed E-state index contributed by atoms with van der Waals surface area (Å²) in [5, 5.41) is 8.70. The minimum Gasteiger partial charge on any atom is -0.388 e. The van der Waals surface area contributed by atoms with Crippen molar-refractivity contribution in [3.8, 4) is 0 Å². The van der Waals surface area contributed by atoms with E-state index in [2.05, 4.69) is 12.2 Å². The van der Waals surface area contributed by atoms with Crippen LogP contribution in [0.5, 0.6) is 0 Å². The molecule has 0 aromatic rings. The molecule has 0 spiro atoms. The number of hydrogen-bond donors (Lipinski definition) is 1. The average molecular weight is 94.1 g/mol. The second kappa shape index (κ2) is 1.94. The highest BCUT2D eigenvalue weighted by Crippen LogP contribution is 1.98. The standard InChI is InChI=1S/C6H6O/c7-6-4-2-1-3-5-6/h2-3,6-7H,4H2. The highest BCUT2D eigenvalue weighted by atomic mass is 16.3. The van der Waals surface area contributed by atoms with Crippen molar-refractivity contribution in [2.75, 3.05) is 0 Å². The summed E-state index contributed by atoms with van der Waals surface area (Å²) < 4.78 is 0. The zero-order chi connectivity index (χ0) is 5.11. The largest absolute Gasteiger partial charge is 0.388 e. The summed E-state index contributed by atoms with van der Waals surface area (Å²) in [5.41, 5.74) is 0. The second-order valence-corrected chi connectivity index (χ2v) is 1.43. The summed E-state index contributed by atoms with van der Waals surface area (Å²) >= 11 is 0. The van der Waals surface area contributed by atoms with E-state index in [1.165, 1.54) is 0 Å². The van der Waals surface area contributed by atoms with E-state index < -0.39 is 0 Å². The van der Waals surface area contributed by atoms with Crippen molar-refractivity contribution in [3.63, 3.8) is 0 Å². The van der Waals surface area contributed by atoms with Gasteiger partial charge in [-0.1, -0.05) is 6.08 Å². The van der Waals surface area contributed by atoms with E-state index in [-0.39, 0.29) is 6.10 Å². The summed E-state index contributed by atoms with van der Waals surface area (Å²) in [5.74, 6) is 0. The van der Waals surface area contributed by atoms with Gasteiger partial charge in [0, 0.05) is 0 Å². The molecule has 0 bridgehead atoms. The van der Waals surface area contributed by atoms with Gasteiger partial charge >= 0.3 is 0 Å². The molecule has 1 nitrogen and oxygen atoms in total. The van der Waals surface area contributed by atoms with Gasteiger partial charge in [-0.3, -0.25) is 0 Å². The summed E-state index contributed by atoms with van der Waals surface area (Å²) in [6.45, 7) is 0. The SMILES string of the molecule is OC1[C]=C[C]=CC1. The van der Waals surface area contributed by atoms with Gasteiger partial charge in [-0.05, 0) is 24.6 Å². The molecule has 7 heavy (non-hydrogen) atoms. The third-order valence-electron chi connectivity index (χ3n) is 0.818. The number of hydrogen-bond acceptors (Lipinski definition) is 1. The lowest BCUT2D eigenvalue weighted by atomic mass is 10.1. The Hall–Kier alpha value is -0.560. The summed E-state index contributed by atoms with van der Waals surface area (Å²) in [4.78, 5) is 0. The predicted octanol–water partition coefficient (Wildman–Crippen LogP) is 0.470. The first-order chi connectivity index (χ1) is 3.39. The molecule has 0 heterocycles. The lowest BCUT2D eigenvalue weighted by Crippen LogP contribution is -2.01. The molecule has 2 radical (unpaired) electrons. The first kappa shape index (κ1) is 4.60. The molecule has 1 N–H and O–H groups in total. The minimum atomic E-state index is -0.388. The van der Waals surface area contributed by atoms with Crippen molar-refractivity contribution in [3.05, 3.63) is 24.3 Å². The molecule has 0 aromatic heterocycles. The maximum Gasteiger partial charge on any atom is 0.0828 e. The van der Waals surface area contributed by atoms with Gasteiger partial charge in [0.25, 0.3) is 0 Å². The molecule has 0 amide bonds. The van der Waals surface area contributed by atoms with Crippen molar-refractivity contribution < 1.29 is 5.11 Å². The number of aliphatic hydroxyl groups excluding tert-OH is 1. The van der Waals surface area contributed by atoms with Crippen molar-refractivity contribution in [2.45, 2.75) is 12.5 Å². The molecule has 0 aromatic carbocycles. The van der Waals surface area contributed by atoms with Crippen molar-refractivity contribution >= 4 is 0 Å². The van der Waals surface area contributed by atoms with E-state index in [1.807, 2.05) is 0 Å². The van der Waals surface area contributed by atoms with Crippen LogP contribution < -0.4 is 0 Å². The molecular formula is C6H6O. The van der Waals surface area contributed by atoms with Gasteiger partial charge in [-0.15, -0.1) is 0 Å². The lowest BCUT2D eigenvalue weighted by molar-refractivity contribution is 0.218. The Morgan fingerprint density at radius 2 is 2.57 bits per heavy atom. The van der Waals surface area contributed by atoms with Gasteiger partial charge in [-0.25, -0.2) is 0 Å². The van der Waals surface area contributed by atoms with Gasteiger partial charge in [0.15, 0.2) is 0 Å². The van der Waals surface area contributed by atoms with Crippen molar-refractivity contribution in [1.82, 2.24) is 0 Å². The van der Waals surface area contributed by atoms with Crippen molar-refractivity contribution in [2.24, 2.45) is 0 Å². The van der Waals surface area contributed by atoms with Crippen LogP contribution in [0, 0.1) is 12.2 Å². The summed E-state index contributed by atoms with van der Waals surface area (Å²) in [6, 6.07) is 0. The molecule has 0 saturated carbocycles. The molecule has 1 atom stereocenters. The van der Waals surface area contributed by atoms with E-state index in [0.29, 0.717) is 6.42 Å². The fourth-order valence-corrected chi connectivity index (χ4v) is 0.451. The third kappa shape index (κ3) is 1.16. The maximum absolute atomic E-state index is 8.70. The van der Waals surface area contributed by atoms with Gasteiger partial charge in [0.1, 0.15) is 0 Å². The minimum absolute atomic E-state index is 0.388. The summed E-state index contributed by atoms with van der Waals surface area (Å²) in [6.07, 6.45) is 9.14. The first-order valence-electron chi connectivity index (χ1n) is 2.23. The van der Waals surface area contributed by atoms with Crippen LogP contribution in [0.15, 0.2) is 12.2 Å². The van der Waals surface area contributed by atoms with Crippen LogP contribution in [0.25, 0.3) is 0 Å². The van der Waals surface area contributed by atoms with E-state index in [1.54, 1.807) is 12.2 Å². The monoisotopic (exact) mass is 94.0 g/mol. The van der Waals surface area contributed by atoms with E-state index in [4.69, 9.17) is 5.11 Å². The third-order valence-corrected chi connectivity index (χ3v) is 0.818. The molecule has 1 aliphatic rings. The van der Waals surface area contributed by atoms with Crippen LogP contribution in [0.4, 0.5) is 0 Å². The molecule has 36 valence electrons. The van der Waals surface area contributed by atoms with E-state index in [0.717, 1.165) is 0 Å². The lowest BCUT2D eigenvalue weighted by Gasteiger charge is -2.00. The highest BCUT2D eigenvalue weighted by molar-refractivity contribution is 5.00. The Balaban J connectivity index is 2.49. The van der Waals surface area contributed by atoms with E-state index in [9.17, 15) is 0 Å². The molecule has 1 aliphatic carbocycles. The van der Waals surface area contributed by atoms with E-state index >= 15 is 0 Å². The molecular weight excluding hydrogens is 88.1 g/mol. The van der Waals surface area contributed by atoms with Crippen molar-refractivity contribution in [1.29, 1.82) is 0 Å². The zero-order valence-corrected chi connectivity index (χ0v) is 3.89. The quantitative estimate of drug-likeness (QED) is 0.462. The molecule has 0 fully saturated rings. The molecule has 1 unspecified atom stereocenters. The highest BCUT2D eigenvalue weighted by Gasteiger charge is 1.96. The Morgan fingerprint density at radius 3 is 2.86 bits per heavy atom. The van der Waals surface area contributed by atoms with Crippen LogP contribution in [0.3, 0.4) is 0 Å². The van der Waals surface area contributed by atoms with Gasteiger partial charge in [-0.2, -0.15) is 0 Å². The smallest absolute Gasteiger partial charge is 0.0828 e. The Morgan fingerprint density at radius 1 is 1.71 bits per heavy atom. The number of aliphatic hydroxyl groups is 1. The first-order valence-corrected chi connectivity index (χ1v) is 2.23. The normalized spacial score (nSPS) is 28.4. The Kier molecular flexibility index (Phi) is 1.27.